The van der Waals surface area contributed by atoms with E-state index in [1.807, 2.05) is 30.5 Å². The van der Waals surface area contributed by atoms with Gasteiger partial charge in [0.1, 0.15) is 12.4 Å². The zero-order valence-electron chi connectivity index (χ0n) is 8.63. The number of aromatic nitrogens is 3. The van der Waals surface area contributed by atoms with E-state index in [1.54, 1.807) is 10.9 Å². The van der Waals surface area contributed by atoms with Crippen LogP contribution in [0.2, 0.25) is 0 Å². The average molecular weight is 203 g/mol. The molecule has 78 valence electrons. The molecule has 0 bridgehead atoms. The molecule has 2 aromatic rings. The van der Waals surface area contributed by atoms with Gasteiger partial charge in [0.15, 0.2) is 0 Å². The van der Waals surface area contributed by atoms with Gasteiger partial charge in [0.2, 0.25) is 0 Å². The number of hydrogen-bond acceptors (Lipinski definition) is 3. The fraction of sp³-hybridized carbons (Fsp3) is 0.273. The third-order valence-electron chi connectivity index (χ3n) is 2.08. The first-order chi connectivity index (χ1) is 7.34. The second kappa shape index (κ2) is 4.59. The minimum atomic E-state index is 0.604. The van der Waals surface area contributed by atoms with Crippen LogP contribution in [0.3, 0.4) is 0 Å². The maximum absolute atomic E-state index is 5.55. The number of rotatable bonds is 4. The highest BCUT2D eigenvalue weighted by Crippen LogP contribution is 2.10. The Morgan fingerprint density at radius 3 is 2.73 bits per heavy atom. The van der Waals surface area contributed by atoms with Gasteiger partial charge in [-0.15, -0.1) is 5.10 Å². The lowest BCUT2D eigenvalue weighted by molar-refractivity contribution is 0.289. The molecule has 0 aliphatic heterocycles. The van der Waals surface area contributed by atoms with Gasteiger partial charge in [-0.2, -0.15) is 0 Å². The molecule has 0 aliphatic carbocycles. The van der Waals surface area contributed by atoms with Gasteiger partial charge in [-0.25, -0.2) is 4.68 Å². The van der Waals surface area contributed by atoms with Crippen LogP contribution < -0.4 is 4.74 Å². The van der Waals surface area contributed by atoms with E-state index in [4.69, 9.17) is 4.74 Å². The molecule has 1 heterocycles. The number of aryl methyl sites for hydroxylation is 1. The summed E-state index contributed by atoms with van der Waals surface area (Å²) >= 11 is 0. The molecule has 0 unspecified atom stereocenters. The minimum absolute atomic E-state index is 0.604. The summed E-state index contributed by atoms with van der Waals surface area (Å²) in [5.74, 6) is 0.890. The van der Waals surface area contributed by atoms with Gasteiger partial charge in [-0.3, -0.25) is 0 Å². The van der Waals surface area contributed by atoms with Gasteiger partial charge in [-0.1, -0.05) is 22.9 Å². The van der Waals surface area contributed by atoms with Gasteiger partial charge in [-0.05, 0) is 19.1 Å². The second-order valence-electron chi connectivity index (χ2n) is 3.33. The smallest absolute Gasteiger partial charge is 0.119 e. The van der Waals surface area contributed by atoms with Gasteiger partial charge >= 0.3 is 0 Å². The molecule has 0 saturated heterocycles. The van der Waals surface area contributed by atoms with Crippen LogP contribution in [0.1, 0.15) is 5.56 Å². The molecule has 0 spiro atoms. The third kappa shape index (κ3) is 2.80. The topological polar surface area (TPSA) is 39.9 Å². The molecule has 0 saturated carbocycles. The van der Waals surface area contributed by atoms with Crippen LogP contribution in [-0.2, 0) is 6.54 Å². The summed E-state index contributed by atoms with van der Waals surface area (Å²) in [4.78, 5) is 0. The minimum Gasteiger partial charge on any atom is -0.492 e. The maximum Gasteiger partial charge on any atom is 0.119 e. The summed E-state index contributed by atoms with van der Waals surface area (Å²) in [6.45, 7) is 3.37. The van der Waals surface area contributed by atoms with E-state index in [0.717, 1.165) is 5.75 Å². The fourth-order valence-electron chi connectivity index (χ4n) is 1.24. The lowest BCUT2D eigenvalue weighted by Gasteiger charge is -2.05. The average Bonchev–Trinajstić information content (AvgIpc) is 2.74. The Labute approximate surface area is 88.5 Å². The van der Waals surface area contributed by atoms with E-state index in [1.165, 1.54) is 5.56 Å². The van der Waals surface area contributed by atoms with Crippen molar-refractivity contribution in [3.63, 3.8) is 0 Å². The number of benzene rings is 1. The molecule has 0 fully saturated rings. The first-order valence-corrected chi connectivity index (χ1v) is 4.88. The zero-order chi connectivity index (χ0) is 10.5. The van der Waals surface area contributed by atoms with Crippen molar-refractivity contribution in [1.29, 1.82) is 0 Å². The quantitative estimate of drug-likeness (QED) is 0.758. The molecule has 4 nitrogen and oxygen atoms in total. The maximum atomic E-state index is 5.55. The molecule has 0 radical (unpaired) electrons. The molecular formula is C11H13N3O. The molecule has 1 aromatic carbocycles. The summed E-state index contributed by atoms with van der Waals surface area (Å²) in [7, 11) is 0. The Kier molecular flexibility index (Phi) is 2.97. The Hall–Kier alpha value is -1.84. The van der Waals surface area contributed by atoms with Crippen LogP contribution in [0.25, 0.3) is 0 Å². The second-order valence-corrected chi connectivity index (χ2v) is 3.33. The van der Waals surface area contributed by atoms with Crippen LogP contribution in [-0.4, -0.2) is 21.6 Å². The summed E-state index contributed by atoms with van der Waals surface area (Å²) in [5, 5.41) is 7.57. The van der Waals surface area contributed by atoms with Crippen molar-refractivity contribution in [2.24, 2.45) is 0 Å². The molecule has 0 amide bonds. The monoisotopic (exact) mass is 203 g/mol. The largest absolute Gasteiger partial charge is 0.492 e. The lowest BCUT2D eigenvalue weighted by Crippen LogP contribution is -2.08. The lowest BCUT2D eigenvalue weighted by atomic mass is 10.2. The van der Waals surface area contributed by atoms with Crippen LogP contribution in [0.15, 0.2) is 36.7 Å². The van der Waals surface area contributed by atoms with Crippen molar-refractivity contribution in [2.45, 2.75) is 13.5 Å². The fourth-order valence-corrected chi connectivity index (χ4v) is 1.24. The van der Waals surface area contributed by atoms with Crippen molar-refractivity contribution >= 4 is 0 Å². The zero-order valence-corrected chi connectivity index (χ0v) is 8.63. The van der Waals surface area contributed by atoms with Crippen molar-refractivity contribution in [2.75, 3.05) is 6.61 Å². The summed E-state index contributed by atoms with van der Waals surface area (Å²) in [6, 6.07) is 8.00. The molecule has 0 aliphatic rings. The standard InChI is InChI=1S/C11H13N3O/c1-10-2-4-11(5-3-10)15-9-8-14-7-6-12-13-14/h2-7H,8-9H2,1H3. The Balaban J connectivity index is 1.81. The highest BCUT2D eigenvalue weighted by atomic mass is 16.5. The van der Waals surface area contributed by atoms with E-state index in [9.17, 15) is 0 Å². The molecular weight excluding hydrogens is 190 g/mol. The van der Waals surface area contributed by atoms with E-state index < -0.39 is 0 Å². The van der Waals surface area contributed by atoms with Crippen LogP contribution >= 0.6 is 0 Å². The predicted molar refractivity (Wildman–Crippen MR) is 56.7 cm³/mol. The van der Waals surface area contributed by atoms with E-state index in [2.05, 4.69) is 17.2 Å². The van der Waals surface area contributed by atoms with Crippen LogP contribution in [0.5, 0.6) is 5.75 Å². The Morgan fingerprint density at radius 1 is 1.27 bits per heavy atom. The molecule has 2 rings (SSSR count). The normalized spacial score (nSPS) is 10.2. The molecule has 4 heteroatoms. The Bertz CT molecular complexity index is 394. The van der Waals surface area contributed by atoms with Crippen molar-refractivity contribution in [1.82, 2.24) is 15.0 Å². The summed E-state index contributed by atoms with van der Waals surface area (Å²) in [5.41, 5.74) is 1.23. The predicted octanol–water partition coefficient (Wildman–Crippen LogP) is 1.67. The van der Waals surface area contributed by atoms with Gasteiger partial charge < -0.3 is 4.74 Å². The van der Waals surface area contributed by atoms with Crippen molar-refractivity contribution < 1.29 is 4.74 Å². The van der Waals surface area contributed by atoms with Crippen molar-refractivity contribution in [3.8, 4) is 5.75 Å². The Morgan fingerprint density at radius 2 is 2.07 bits per heavy atom. The summed E-state index contributed by atoms with van der Waals surface area (Å²) in [6.07, 6.45) is 3.48. The highest BCUT2D eigenvalue weighted by Gasteiger charge is 1.94. The van der Waals surface area contributed by atoms with Crippen LogP contribution in [0, 0.1) is 6.92 Å². The number of ether oxygens (including phenoxy) is 1. The molecule has 0 atom stereocenters. The molecule has 1 aromatic heterocycles. The van der Waals surface area contributed by atoms with Crippen LogP contribution in [0.4, 0.5) is 0 Å². The van der Waals surface area contributed by atoms with Crippen molar-refractivity contribution in [3.05, 3.63) is 42.2 Å². The SMILES string of the molecule is Cc1ccc(OCCn2ccnn2)cc1. The number of nitrogens with zero attached hydrogens (tertiary/aromatic N) is 3. The first-order valence-electron chi connectivity index (χ1n) is 4.88. The van der Waals surface area contributed by atoms with Gasteiger partial charge in [0.25, 0.3) is 0 Å². The van der Waals surface area contributed by atoms with Gasteiger partial charge in [0, 0.05) is 6.20 Å². The van der Waals surface area contributed by atoms with E-state index in [0.29, 0.717) is 13.2 Å². The first kappa shape index (κ1) is 9.71. The summed E-state index contributed by atoms with van der Waals surface area (Å²) < 4.78 is 7.29. The third-order valence-corrected chi connectivity index (χ3v) is 2.08. The number of hydrogen-bond donors (Lipinski definition) is 0. The van der Waals surface area contributed by atoms with Gasteiger partial charge in [0.05, 0.1) is 12.7 Å². The van der Waals surface area contributed by atoms with E-state index in [-0.39, 0.29) is 0 Å². The highest BCUT2D eigenvalue weighted by molar-refractivity contribution is 5.26. The van der Waals surface area contributed by atoms with E-state index >= 15 is 0 Å². The molecule has 0 N–H and O–H groups in total. The molecule has 15 heavy (non-hydrogen) atoms.